The van der Waals surface area contributed by atoms with Crippen LogP contribution in [0.25, 0.3) is 10.9 Å². The van der Waals surface area contributed by atoms with Crippen molar-refractivity contribution in [2.45, 2.75) is 37.8 Å². The summed E-state index contributed by atoms with van der Waals surface area (Å²) in [6.45, 7) is 1.15. The molecule has 178 valence electrons. The number of hydrogen-bond donors (Lipinski definition) is 3. The highest BCUT2D eigenvalue weighted by molar-refractivity contribution is 7.80. The molecule has 0 atom stereocenters. The second-order valence-corrected chi connectivity index (χ2v) is 9.34. The third-order valence-electron chi connectivity index (χ3n) is 6.20. The zero-order valence-corrected chi connectivity index (χ0v) is 20.3. The van der Waals surface area contributed by atoms with Crippen molar-refractivity contribution < 1.29 is 9.47 Å². The second kappa shape index (κ2) is 9.89. The Kier molecular flexibility index (Phi) is 6.53. The molecule has 2 heterocycles. The van der Waals surface area contributed by atoms with Crippen LogP contribution in [0.3, 0.4) is 0 Å². The van der Waals surface area contributed by atoms with Crippen LogP contribution in [-0.4, -0.2) is 54.5 Å². The van der Waals surface area contributed by atoms with E-state index >= 15 is 0 Å². The lowest BCUT2D eigenvalue weighted by Gasteiger charge is -2.30. The predicted octanol–water partition coefficient (Wildman–Crippen LogP) is 4.18. The fourth-order valence-corrected chi connectivity index (χ4v) is 4.79. The summed E-state index contributed by atoms with van der Waals surface area (Å²) in [5.74, 6) is 3.14. The van der Waals surface area contributed by atoms with Gasteiger partial charge >= 0.3 is 0 Å². The molecule has 0 saturated heterocycles. The molecule has 0 spiro atoms. The van der Waals surface area contributed by atoms with Crippen LogP contribution in [0.4, 0.5) is 17.5 Å². The van der Waals surface area contributed by atoms with Gasteiger partial charge in [-0.05, 0) is 62.2 Å². The molecule has 1 aliphatic carbocycles. The Morgan fingerprint density at radius 1 is 0.941 bits per heavy atom. The number of ether oxygens (including phenoxy) is 2. The first-order valence-electron chi connectivity index (χ1n) is 11.7. The van der Waals surface area contributed by atoms with E-state index in [2.05, 4.69) is 22.0 Å². The smallest absolute Gasteiger partial charge is 0.225 e. The third kappa shape index (κ3) is 5.09. The molecular formula is C25H30N6O2S. The normalized spacial score (nSPS) is 19.4. The molecule has 1 saturated carbocycles. The van der Waals surface area contributed by atoms with Crippen LogP contribution in [0, 0.1) is 0 Å². The van der Waals surface area contributed by atoms with E-state index in [4.69, 9.17) is 31.7 Å². The minimum Gasteiger partial charge on any atom is -0.486 e. The van der Waals surface area contributed by atoms with Crippen LogP contribution in [0.5, 0.6) is 11.5 Å². The number of benzene rings is 2. The van der Waals surface area contributed by atoms with Gasteiger partial charge in [0, 0.05) is 43.3 Å². The number of thiocarbonyl (C=S) groups is 1. The standard InChI is InChI=1S/C25H30N6O2S/c1-31(2)23-19-5-3-4-6-20(19)29-24(30-23)26-16-7-9-17(10-8-16)27-25(34)28-18-11-12-21-22(15-18)33-14-13-32-21/h3-6,11-12,15-17H,7-10,13-14H2,1-2H3,(H,26,29,30)(H2,27,28,34). The van der Waals surface area contributed by atoms with Crippen LogP contribution >= 0.6 is 12.2 Å². The van der Waals surface area contributed by atoms with Crippen LogP contribution in [0.2, 0.25) is 0 Å². The highest BCUT2D eigenvalue weighted by Crippen LogP contribution is 2.32. The summed E-state index contributed by atoms with van der Waals surface area (Å²) in [7, 11) is 4.02. The maximum absolute atomic E-state index is 5.65. The van der Waals surface area contributed by atoms with E-state index in [1.807, 2.05) is 55.4 Å². The van der Waals surface area contributed by atoms with E-state index < -0.39 is 0 Å². The van der Waals surface area contributed by atoms with E-state index in [1.165, 1.54) is 0 Å². The summed E-state index contributed by atoms with van der Waals surface area (Å²) in [5.41, 5.74) is 1.84. The van der Waals surface area contributed by atoms with E-state index in [-0.39, 0.29) is 0 Å². The molecule has 8 nitrogen and oxygen atoms in total. The van der Waals surface area contributed by atoms with E-state index in [0.717, 1.165) is 59.6 Å². The highest BCUT2D eigenvalue weighted by atomic mass is 32.1. The lowest BCUT2D eigenvalue weighted by Crippen LogP contribution is -2.42. The lowest BCUT2D eigenvalue weighted by molar-refractivity contribution is 0.171. The summed E-state index contributed by atoms with van der Waals surface area (Å²) in [6.07, 6.45) is 4.10. The highest BCUT2D eigenvalue weighted by Gasteiger charge is 2.23. The second-order valence-electron chi connectivity index (χ2n) is 8.93. The number of nitrogens with zero attached hydrogens (tertiary/aromatic N) is 3. The van der Waals surface area contributed by atoms with Crippen LogP contribution in [0.1, 0.15) is 25.7 Å². The van der Waals surface area contributed by atoms with Crippen molar-refractivity contribution >= 4 is 45.7 Å². The average molecular weight is 479 g/mol. The first-order valence-corrected chi connectivity index (χ1v) is 12.1. The van der Waals surface area contributed by atoms with Gasteiger partial charge in [0.25, 0.3) is 0 Å². The number of rotatable bonds is 5. The molecule has 0 radical (unpaired) electrons. The van der Waals surface area contributed by atoms with Crippen LogP contribution < -0.4 is 30.3 Å². The Labute approximate surface area is 205 Å². The Hall–Kier alpha value is -3.33. The summed E-state index contributed by atoms with van der Waals surface area (Å²) < 4.78 is 11.2. The molecule has 5 rings (SSSR count). The first-order chi connectivity index (χ1) is 16.5. The summed E-state index contributed by atoms with van der Waals surface area (Å²) >= 11 is 5.55. The third-order valence-corrected chi connectivity index (χ3v) is 6.42. The summed E-state index contributed by atoms with van der Waals surface area (Å²) in [5, 5.41) is 12.0. The fraction of sp³-hybridized carbons (Fsp3) is 0.400. The van der Waals surface area contributed by atoms with Gasteiger partial charge < -0.3 is 30.3 Å². The number of nitrogens with one attached hydrogen (secondary N) is 3. The SMILES string of the molecule is CN(C)c1nc(NC2CCC(NC(=S)Nc3ccc4c(c3)OCCO4)CC2)nc2ccccc12. The molecule has 3 aromatic rings. The largest absolute Gasteiger partial charge is 0.486 e. The topological polar surface area (TPSA) is 83.6 Å². The number of fused-ring (bicyclic) bond motifs is 2. The molecule has 1 aliphatic heterocycles. The van der Waals surface area contributed by atoms with Crippen molar-refractivity contribution in [2.24, 2.45) is 0 Å². The van der Waals surface area contributed by atoms with Crippen molar-refractivity contribution in [2.75, 3.05) is 42.8 Å². The number of anilines is 3. The minimum atomic E-state index is 0.338. The molecule has 0 bridgehead atoms. The molecule has 1 fully saturated rings. The zero-order chi connectivity index (χ0) is 23.5. The van der Waals surface area contributed by atoms with Gasteiger partial charge in [-0.2, -0.15) is 4.98 Å². The Morgan fingerprint density at radius 2 is 1.68 bits per heavy atom. The molecule has 34 heavy (non-hydrogen) atoms. The Morgan fingerprint density at radius 3 is 2.47 bits per heavy atom. The van der Waals surface area contributed by atoms with Gasteiger partial charge in [-0.3, -0.25) is 0 Å². The van der Waals surface area contributed by atoms with E-state index in [1.54, 1.807) is 0 Å². The molecular weight excluding hydrogens is 448 g/mol. The lowest BCUT2D eigenvalue weighted by atomic mass is 9.91. The van der Waals surface area contributed by atoms with Crippen LogP contribution in [-0.2, 0) is 0 Å². The molecule has 2 aromatic carbocycles. The maximum Gasteiger partial charge on any atom is 0.225 e. The monoisotopic (exact) mass is 478 g/mol. The number of aromatic nitrogens is 2. The van der Waals surface area contributed by atoms with Gasteiger partial charge in [0.05, 0.1) is 5.52 Å². The van der Waals surface area contributed by atoms with E-state index in [0.29, 0.717) is 36.4 Å². The number of para-hydroxylation sites is 1. The molecule has 0 unspecified atom stereocenters. The minimum absolute atomic E-state index is 0.338. The first kappa shape index (κ1) is 22.5. The summed E-state index contributed by atoms with van der Waals surface area (Å²) in [4.78, 5) is 11.6. The fourth-order valence-electron chi connectivity index (χ4n) is 4.50. The van der Waals surface area contributed by atoms with Gasteiger partial charge in [-0.1, -0.05) is 12.1 Å². The molecule has 9 heteroatoms. The van der Waals surface area contributed by atoms with Crippen LogP contribution in [0.15, 0.2) is 42.5 Å². The van der Waals surface area contributed by atoms with Gasteiger partial charge in [0.15, 0.2) is 16.6 Å². The Bertz CT molecular complexity index is 1180. The van der Waals surface area contributed by atoms with Gasteiger partial charge in [0.2, 0.25) is 5.95 Å². The molecule has 1 aromatic heterocycles. The number of hydrogen-bond acceptors (Lipinski definition) is 7. The van der Waals surface area contributed by atoms with Crippen molar-refractivity contribution in [1.82, 2.24) is 15.3 Å². The molecule has 3 N–H and O–H groups in total. The van der Waals surface area contributed by atoms with E-state index in [9.17, 15) is 0 Å². The van der Waals surface area contributed by atoms with Crippen molar-refractivity contribution in [3.63, 3.8) is 0 Å². The van der Waals surface area contributed by atoms with Crippen molar-refractivity contribution in [3.05, 3.63) is 42.5 Å². The van der Waals surface area contributed by atoms with Crippen molar-refractivity contribution in [1.29, 1.82) is 0 Å². The maximum atomic E-state index is 5.65. The molecule has 2 aliphatic rings. The van der Waals surface area contributed by atoms with Crippen molar-refractivity contribution in [3.8, 4) is 11.5 Å². The molecule has 0 amide bonds. The predicted molar refractivity (Wildman–Crippen MR) is 140 cm³/mol. The quantitative estimate of drug-likeness (QED) is 0.468. The van der Waals surface area contributed by atoms with Gasteiger partial charge in [-0.15, -0.1) is 0 Å². The zero-order valence-electron chi connectivity index (χ0n) is 19.5. The summed E-state index contributed by atoms with van der Waals surface area (Å²) in [6, 6.07) is 14.6. The van der Waals surface area contributed by atoms with Gasteiger partial charge in [0.1, 0.15) is 19.0 Å². The van der Waals surface area contributed by atoms with Gasteiger partial charge in [-0.25, -0.2) is 4.98 Å². The average Bonchev–Trinajstić information content (AvgIpc) is 2.84. The Balaban J connectivity index is 1.14.